The van der Waals surface area contributed by atoms with Crippen molar-refractivity contribution in [2.24, 2.45) is 0 Å². The van der Waals surface area contributed by atoms with Crippen molar-refractivity contribution in [3.8, 4) is 0 Å². The summed E-state index contributed by atoms with van der Waals surface area (Å²) < 4.78 is 0. The van der Waals surface area contributed by atoms with Gasteiger partial charge in [-0.05, 0) is 70.0 Å². The van der Waals surface area contributed by atoms with Gasteiger partial charge >= 0.3 is 31.4 Å². The number of aryl methyl sites for hydroxylation is 2. The summed E-state index contributed by atoms with van der Waals surface area (Å²) in [4.78, 5) is 60.2. The summed E-state index contributed by atoms with van der Waals surface area (Å²) in [6.07, 6.45) is 2.41. The zero-order valence-electron chi connectivity index (χ0n) is 30.0. The van der Waals surface area contributed by atoms with E-state index in [0.717, 1.165) is 33.5 Å². The largest absolute Gasteiger partial charge is 2.00 e. The predicted octanol–water partition coefficient (Wildman–Crippen LogP) is 5.84. The minimum atomic E-state index is -1.18. The molecule has 2 aliphatic heterocycles. The van der Waals surface area contributed by atoms with Crippen LogP contribution in [0.1, 0.15) is 107 Å². The number of rotatable bonds is 11. The van der Waals surface area contributed by atoms with E-state index < -0.39 is 17.9 Å². The molecule has 50 heavy (non-hydrogen) atoms. The molecule has 12 heteroatoms. The molecule has 0 aliphatic carbocycles. The smallest absolute Gasteiger partial charge is 0.657 e. The second-order valence-electron chi connectivity index (χ2n) is 13.1. The Morgan fingerprint density at radius 3 is 2.30 bits per heavy atom. The van der Waals surface area contributed by atoms with E-state index in [9.17, 15) is 24.6 Å². The van der Waals surface area contributed by atoms with Crippen LogP contribution in [0.2, 0.25) is 0 Å². The van der Waals surface area contributed by atoms with Crippen molar-refractivity contribution in [2.75, 3.05) is 27.2 Å². The van der Waals surface area contributed by atoms with Gasteiger partial charge in [0, 0.05) is 48.3 Å². The topological polar surface area (TPSA) is 161 Å². The third kappa shape index (κ3) is 7.51. The fourth-order valence-corrected chi connectivity index (χ4v) is 6.86. The van der Waals surface area contributed by atoms with Crippen LogP contribution in [0.15, 0.2) is 24.8 Å². The Labute approximate surface area is 305 Å². The number of likely N-dealkylation sites (N-methyl/N-ethyl adjacent to an activating group) is 1. The van der Waals surface area contributed by atoms with Crippen molar-refractivity contribution in [2.45, 2.75) is 72.1 Å². The number of carbonyl (C=O) groups excluding carboxylic acids is 1. The van der Waals surface area contributed by atoms with Gasteiger partial charge in [-0.15, -0.1) is 22.1 Å². The summed E-state index contributed by atoms with van der Waals surface area (Å²) in [5.41, 5.74) is 9.19. The molecule has 0 radical (unpaired) electrons. The number of carbonyl (C=O) groups is 3. The third-order valence-corrected chi connectivity index (χ3v) is 9.68. The number of aliphatic carboxylic acids is 1. The molecule has 2 atom stereocenters. The van der Waals surface area contributed by atoms with Gasteiger partial charge in [0.2, 0.25) is 5.91 Å². The summed E-state index contributed by atoms with van der Waals surface area (Å²) in [6, 6.07) is 5.66. The van der Waals surface area contributed by atoms with Gasteiger partial charge in [-0.2, -0.15) is 0 Å². The Bertz CT molecular complexity index is 2060. The van der Waals surface area contributed by atoms with Crippen LogP contribution < -0.4 is 15.3 Å². The number of amides is 1. The van der Waals surface area contributed by atoms with Crippen molar-refractivity contribution in [1.82, 2.24) is 30.2 Å². The van der Waals surface area contributed by atoms with Crippen LogP contribution in [0.4, 0.5) is 0 Å². The van der Waals surface area contributed by atoms with Gasteiger partial charge in [-0.1, -0.05) is 55.8 Å². The molecular formula is C38H44N6O5Zn. The van der Waals surface area contributed by atoms with E-state index in [4.69, 9.17) is 19.9 Å². The van der Waals surface area contributed by atoms with Crippen molar-refractivity contribution < 1.29 is 44.1 Å². The van der Waals surface area contributed by atoms with Gasteiger partial charge in [-0.3, -0.25) is 14.6 Å². The van der Waals surface area contributed by atoms with E-state index in [1.54, 1.807) is 13.0 Å². The van der Waals surface area contributed by atoms with Crippen molar-refractivity contribution in [1.29, 1.82) is 0 Å². The number of carboxylic acids is 2. The maximum atomic E-state index is 13.5. The molecule has 0 aromatic carbocycles. The normalized spacial score (nSPS) is 15.6. The first kappa shape index (κ1) is 38.4. The number of hydrogen-bond donors (Lipinski definition) is 3. The molecule has 5 rings (SSSR count). The molecule has 0 saturated heterocycles. The molecule has 0 saturated carbocycles. The van der Waals surface area contributed by atoms with Crippen LogP contribution in [0.5, 0.6) is 0 Å². The van der Waals surface area contributed by atoms with Crippen molar-refractivity contribution in [3.63, 3.8) is 0 Å². The second kappa shape index (κ2) is 15.6. The van der Waals surface area contributed by atoms with E-state index in [1.165, 1.54) is 0 Å². The average molecular weight is 730 g/mol. The Morgan fingerprint density at radius 2 is 1.68 bits per heavy atom. The second-order valence-corrected chi connectivity index (χ2v) is 13.1. The van der Waals surface area contributed by atoms with Gasteiger partial charge < -0.3 is 30.4 Å². The molecule has 2 aliphatic rings. The summed E-state index contributed by atoms with van der Waals surface area (Å²) in [5.74, 6) is -3.11. The number of hydrogen-bond acceptors (Lipinski definition) is 6. The molecule has 258 valence electrons. The van der Waals surface area contributed by atoms with E-state index >= 15 is 0 Å². The SMILES string of the molecule is C=Cc1c(C)c2cc3nc(c(CC(=O)NCCN(C)C)c4[n-]c(cc5nc(cc1[n-]2)C(C)=C5CC)c(C)c4C(=O)O)C(CCC(=O)O)C3C.[Zn+2]. The van der Waals surface area contributed by atoms with Crippen molar-refractivity contribution in [3.05, 3.63) is 75.4 Å². The fraction of sp³-hybridized carbons (Fsp3) is 0.395. The minimum Gasteiger partial charge on any atom is -0.657 e. The minimum absolute atomic E-state index is 0. The number of fused-ring (bicyclic) bond motifs is 8. The average Bonchev–Trinajstić information content (AvgIpc) is 3.71. The molecular weight excluding hydrogens is 686 g/mol. The molecule has 3 N–H and O–H groups in total. The number of aromatic nitrogens is 4. The standard InChI is InChI=1S/C38H46N6O5.Zn/c1-9-23-19(3)27-16-29-21(5)25(11-12-34(46)47)36(42-29)26(15-33(45)39-13-14-44(7)8)37-35(38(48)49)22(6)30(43-37)18-32-24(10-2)20(4)28(41-32)17-31(23)40-27;/h9,16-18,21,25H,1,10-15H2,2-8H3,(H5,39,40,41,42,43,45,46,47,48,49);/q;+2/p-2. The van der Waals surface area contributed by atoms with Crippen LogP contribution in [0.25, 0.3) is 39.3 Å². The summed E-state index contributed by atoms with van der Waals surface area (Å²) in [6.45, 7) is 14.8. The maximum absolute atomic E-state index is 13.5. The molecule has 5 heterocycles. The fourth-order valence-electron chi connectivity index (χ4n) is 6.86. The molecule has 2 unspecified atom stereocenters. The molecule has 8 bridgehead atoms. The third-order valence-electron chi connectivity index (χ3n) is 9.68. The van der Waals surface area contributed by atoms with E-state index in [2.05, 4.69) is 11.9 Å². The number of nitrogens with zero attached hydrogens (tertiary/aromatic N) is 5. The van der Waals surface area contributed by atoms with Crippen LogP contribution in [0, 0.1) is 13.8 Å². The van der Waals surface area contributed by atoms with Gasteiger partial charge in [0.05, 0.1) is 17.8 Å². The van der Waals surface area contributed by atoms with E-state index in [1.807, 2.05) is 64.9 Å². The summed E-state index contributed by atoms with van der Waals surface area (Å²) >= 11 is 0. The Balaban J connectivity index is 0.00000562. The Kier molecular flexibility index (Phi) is 12.0. The molecule has 1 amide bonds. The number of allylic oxidation sites excluding steroid dienone is 2. The predicted molar refractivity (Wildman–Crippen MR) is 192 cm³/mol. The first-order chi connectivity index (χ1) is 23.2. The summed E-state index contributed by atoms with van der Waals surface area (Å²) in [5, 5.41) is 23.2. The number of carboxylic acid groups (broad SMARTS) is 2. The van der Waals surface area contributed by atoms with E-state index in [-0.39, 0.29) is 61.6 Å². The molecule has 11 nitrogen and oxygen atoms in total. The molecule has 0 spiro atoms. The van der Waals surface area contributed by atoms with Gasteiger partial charge in [0.15, 0.2) is 0 Å². The zero-order chi connectivity index (χ0) is 35.7. The van der Waals surface area contributed by atoms with Crippen LogP contribution in [-0.4, -0.2) is 70.1 Å². The van der Waals surface area contributed by atoms with E-state index in [0.29, 0.717) is 58.8 Å². The maximum Gasteiger partial charge on any atom is 2.00 e. The quantitative estimate of drug-likeness (QED) is 0.205. The first-order valence-corrected chi connectivity index (χ1v) is 16.6. The number of aromatic carboxylic acids is 1. The number of nitrogens with one attached hydrogen (secondary N) is 1. The molecule has 3 aromatic heterocycles. The Hall–Kier alpha value is -4.41. The van der Waals surface area contributed by atoms with Crippen LogP contribution >= 0.6 is 0 Å². The molecule has 0 fully saturated rings. The van der Waals surface area contributed by atoms with Gasteiger partial charge in [0.25, 0.3) is 0 Å². The van der Waals surface area contributed by atoms with Crippen LogP contribution in [-0.2, 0) is 35.5 Å². The summed E-state index contributed by atoms with van der Waals surface area (Å²) in [7, 11) is 3.81. The van der Waals surface area contributed by atoms with Crippen molar-refractivity contribution >= 4 is 57.1 Å². The molecule has 3 aromatic rings. The zero-order valence-corrected chi connectivity index (χ0v) is 32.9. The van der Waals surface area contributed by atoms with Gasteiger partial charge in [-0.25, -0.2) is 9.78 Å². The first-order valence-electron chi connectivity index (χ1n) is 16.6. The van der Waals surface area contributed by atoms with Crippen LogP contribution in [0.3, 0.4) is 0 Å². The Morgan fingerprint density at radius 1 is 1.00 bits per heavy atom. The monoisotopic (exact) mass is 728 g/mol. The van der Waals surface area contributed by atoms with Gasteiger partial charge in [0.1, 0.15) is 0 Å².